The van der Waals surface area contributed by atoms with Crippen molar-refractivity contribution < 1.29 is 4.79 Å². The molecule has 0 saturated carbocycles. The lowest BCUT2D eigenvalue weighted by molar-refractivity contribution is 0.0973. The van der Waals surface area contributed by atoms with Crippen molar-refractivity contribution in [2.24, 2.45) is 5.92 Å². The summed E-state index contributed by atoms with van der Waals surface area (Å²) in [5.74, 6) is 1.10. The van der Waals surface area contributed by atoms with Crippen molar-refractivity contribution in [2.45, 2.75) is 79.3 Å². The second-order valence-electron chi connectivity index (χ2n) is 10.3. The van der Waals surface area contributed by atoms with E-state index in [1.54, 1.807) is 18.2 Å². The SMILES string of the molecule is CCc1cnc(Nc2cc(C)cc(C)c2)nc1CNC(CC)CC(C)CCC(=O)c1ccc(N)c(C=N)c1. The molecule has 0 aliphatic heterocycles. The Labute approximate surface area is 227 Å². The zero-order valence-electron chi connectivity index (χ0n) is 23.4. The molecule has 3 rings (SSSR count). The van der Waals surface area contributed by atoms with Crippen LogP contribution in [0.1, 0.15) is 84.8 Å². The van der Waals surface area contributed by atoms with Gasteiger partial charge in [-0.2, -0.15) is 0 Å². The van der Waals surface area contributed by atoms with Crippen molar-refractivity contribution in [3.05, 3.63) is 76.1 Å². The maximum absolute atomic E-state index is 12.7. The van der Waals surface area contributed by atoms with Gasteiger partial charge in [0.25, 0.3) is 0 Å². The van der Waals surface area contributed by atoms with Crippen LogP contribution in [0.5, 0.6) is 0 Å². The number of carbonyl (C=O) groups is 1. The van der Waals surface area contributed by atoms with Crippen LogP contribution >= 0.6 is 0 Å². The molecule has 0 aliphatic carbocycles. The number of nitrogen functional groups attached to an aromatic ring is 1. The van der Waals surface area contributed by atoms with Gasteiger partial charge in [-0.25, -0.2) is 9.97 Å². The zero-order chi connectivity index (χ0) is 27.7. The molecule has 202 valence electrons. The molecule has 0 aliphatic rings. The Bertz CT molecular complexity index is 1230. The standard InChI is InChI=1S/C31H42N6O/c1-6-23-18-35-31(36-27-14-21(4)12-22(5)15-27)37-29(23)19-34-26(7-2)13-20(3)8-11-30(38)24-9-10-28(33)25(16-24)17-32/h9-10,12,14-18,20,26,32,34H,6-8,11,13,19,33H2,1-5H3,(H,35,36,37). The van der Waals surface area contributed by atoms with Crippen molar-refractivity contribution in [2.75, 3.05) is 11.1 Å². The summed E-state index contributed by atoms with van der Waals surface area (Å²) in [5.41, 5.74) is 13.1. The smallest absolute Gasteiger partial charge is 0.227 e. The third kappa shape index (κ3) is 8.21. The molecule has 1 heterocycles. The lowest BCUT2D eigenvalue weighted by Gasteiger charge is -2.22. The zero-order valence-corrected chi connectivity index (χ0v) is 23.4. The monoisotopic (exact) mass is 514 g/mol. The van der Waals surface area contributed by atoms with E-state index in [9.17, 15) is 4.79 Å². The molecule has 0 radical (unpaired) electrons. The largest absolute Gasteiger partial charge is 0.398 e. The van der Waals surface area contributed by atoms with E-state index in [2.05, 4.69) is 68.4 Å². The molecule has 5 N–H and O–H groups in total. The Morgan fingerprint density at radius 1 is 1.13 bits per heavy atom. The van der Waals surface area contributed by atoms with E-state index >= 15 is 0 Å². The Balaban J connectivity index is 1.57. The normalized spacial score (nSPS) is 12.7. The number of anilines is 3. The Morgan fingerprint density at radius 3 is 2.53 bits per heavy atom. The molecule has 38 heavy (non-hydrogen) atoms. The number of aromatic nitrogens is 2. The van der Waals surface area contributed by atoms with Gasteiger partial charge < -0.3 is 21.8 Å². The van der Waals surface area contributed by atoms with E-state index in [-0.39, 0.29) is 5.78 Å². The van der Waals surface area contributed by atoms with E-state index in [1.807, 2.05) is 6.20 Å². The average molecular weight is 515 g/mol. The maximum atomic E-state index is 12.7. The van der Waals surface area contributed by atoms with E-state index in [4.69, 9.17) is 16.1 Å². The number of ketones is 1. The van der Waals surface area contributed by atoms with Gasteiger partial charge in [0.1, 0.15) is 0 Å². The number of aryl methyl sites for hydroxylation is 3. The van der Waals surface area contributed by atoms with Gasteiger partial charge in [0.05, 0.1) is 5.69 Å². The predicted octanol–water partition coefficient (Wildman–Crippen LogP) is 6.54. The molecule has 3 aromatic rings. The second-order valence-corrected chi connectivity index (χ2v) is 10.3. The fourth-order valence-electron chi connectivity index (χ4n) is 4.76. The summed E-state index contributed by atoms with van der Waals surface area (Å²) < 4.78 is 0. The Kier molecular flexibility index (Phi) is 10.5. The lowest BCUT2D eigenvalue weighted by atomic mass is 9.93. The van der Waals surface area contributed by atoms with Gasteiger partial charge >= 0.3 is 0 Å². The highest BCUT2D eigenvalue weighted by Gasteiger charge is 2.16. The van der Waals surface area contributed by atoms with Gasteiger partial charge in [-0.05, 0) is 92.5 Å². The highest BCUT2D eigenvalue weighted by molar-refractivity contribution is 5.99. The van der Waals surface area contributed by atoms with Gasteiger partial charge in [0.2, 0.25) is 5.95 Å². The summed E-state index contributed by atoms with van der Waals surface area (Å²) in [6, 6.07) is 11.8. The molecule has 0 amide bonds. The van der Waals surface area contributed by atoms with E-state index in [0.29, 0.717) is 47.7 Å². The summed E-state index contributed by atoms with van der Waals surface area (Å²) in [6.07, 6.45) is 7.27. The van der Waals surface area contributed by atoms with Crippen molar-refractivity contribution in [1.29, 1.82) is 5.41 Å². The maximum Gasteiger partial charge on any atom is 0.227 e. The number of nitrogens with zero attached hydrogens (tertiary/aromatic N) is 2. The molecule has 2 aromatic carbocycles. The van der Waals surface area contributed by atoms with Crippen LogP contribution in [0.4, 0.5) is 17.3 Å². The van der Waals surface area contributed by atoms with E-state index in [1.165, 1.54) is 17.3 Å². The fourth-order valence-corrected chi connectivity index (χ4v) is 4.76. The topological polar surface area (TPSA) is 117 Å². The number of benzene rings is 2. The minimum Gasteiger partial charge on any atom is -0.398 e. The molecule has 0 spiro atoms. The number of nitrogens with two attached hydrogens (primary N) is 1. The lowest BCUT2D eigenvalue weighted by Crippen LogP contribution is -2.30. The van der Waals surface area contributed by atoms with Crippen molar-refractivity contribution in [3.63, 3.8) is 0 Å². The Hall–Kier alpha value is -3.58. The summed E-state index contributed by atoms with van der Waals surface area (Å²) in [7, 11) is 0. The van der Waals surface area contributed by atoms with Gasteiger partial charge in [-0.3, -0.25) is 4.79 Å². The molecule has 2 unspecified atom stereocenters. The predicted molar refractivity (Wildman–Crippen MR) is 158 cm³/mol. The third-order valence-electron chi connectivity index (χ3n) is 6.98. The van der Waals surface area contributed by atoms with Crippen molar-refractivity contribution >= 4 is 29.3 Å². The average Bonchev–Trinajstić information content (AvgIpc) is 2.89. The van der Waals surface area contributed by atoms with Crippen LogP contribution in [0, 0.1) is 25.2 Å². The first kappa shape index (κ1) is 29.0. The first-order valence-corrected chi connectivity index (χ1v) is 13.6. The minimum atomic E-state index is 0.0957. The first-order valence-electron chi connectivity index (χ1n) is 13.6. The fraction of sp³-hybridized carbons (Fsp3) is 0.419. The number of Topliss-reactive ketones (excluding diaryl/α,β-unsaturated/α-hetero) is 1. The molecule has 7 nitrogen and oxygen atoms in total. The molecule has 1 aromatic heterocycles. The highest BCUT2D eigenvalue weighted by atomic mass is 16.1. The van der Waals surface area contributed by atoms with Gasteiger partial charge in [-0.1, -0.05) is 26.8 Å². The van der Waals surface area contributed by atoms with Crippen LogP contribution in [0.15, 0.2) is 42.6 Å². The van der Waals surface area contributed by atoms with E-state index < -0.39 is 0 Å². The quantitative estimate of drug-likeness (QED) is 0.110. The molecule has 0 bridgehead atoms. The molecular weight excluding hydrogens is 472 g/mol. The minimum absolute atomic E-state index is 0.0957. The molecule has 0 saturated heterocycles. The van der Waals surface area contributed by atoms with Gasteiger partial charge in [0.15, 0.2) is 5.78 Å². The molecule has 7 heteroatoms. The molecule has 2 atom stereocenters. The summed E-state index contributed by atoms with van der Waals surface area (Å²) in [5, 5.41) is 14.5. The van der Waals surface area contributed by atoms with Crippen LogP contribution in [0.25, 0.3) is 0 Å². The Morgan fingerprint density at radius 2 is 1.87 bits per heavy atom. The van der Waals surface area contributed by atoms with Crippen LogP contribution in [0.2, 0.25) is 0 Å². The van der Waals surface area contributed by atoms with Crippen LogP contribution in [0.3, 0.4) is 0 Å². The van der Waals surface area contributed by atoms with Crippen molar-refractivity contribution in [1.82, 2.24) is 15.3 Å². The van der Waals surface area contributed by atoms with Gasteiger partial charge in [-0.15, -0.1) is 0 Å². The summed E-state index contributed by atoms with van der Waals surface area (Å²) in [6.45, 7) is 11.4. The number of rotatable bonds is 14. The highest BCUT2D eigenvalue weighted by Crippen LogP contribution is 2.21. The van der Waals surface area contributed by atoms with Gasteiger partial charge in [0, 0.05) is 53.9 Å². The first-order chi connectivity index (χ1) is 18.2. The number of carbonyl (C=O) groups excluding carboxylic acids is 1. The molecule has 0 fully saturated rings. The van der Waals surface area contributed by atoms with Crippen molar-refractivity contribution in [3.8, 4) is 0 Å². The number of nitrogens with one attached hydrogen (secondary N) is 3. The van der Waals surface area contributed by atoms with Crippen LogP contribution in [-0.4, -0.2) is 28.0 Å². The second kappa shape index (κ2) is 13.8. The molecular formula is C31H42N6O. The summed E-state index contributed by atoms with van der Waals surface area (Å²) >= 11 is 0. The van der Waals surface area contributed by atoms with E-state index in [0.717, 1.165) is 42.6 Å². The van der Waals surface area contributed by atoms with Crippen LogP contribution < -0.4 is 16.4 Å². The van der Waals surface area contributed by atoms with Crippen LogP contribution in [-0.2, 0) is 13.0 Å². The number of hydrogen-bond donors (Lipinski definition) is 4. The third-order valence-corrected chi connectivity index (χ3v) is 6.98. The number of hydrogen-bond acceptors (Lipinski definition) is 7. The summed E-state index contributed by atoms with van der Waals surface area (Å²) in [4.78, 5) is 22.1.